The zero-order valence-corrected chi connectivity index (χ0v) is 8.25. The fourth-order valence-electron chi connectivity index (χ4n) is 0.847. The Morgan fingerprint density at radius 1 is 1.58 bits per heavy atom. The first-order valence-electron chi connectivity index (χ1n) is 3.60. The average Bonchev–Trinajstić information content (AvgIpc) is 2.09. The zero-order valence-electron chi connectivity index (χ0n) is 6.67. The Bertz CT molecular complexity index is 317. The van der Waals surface area contributed by atoms with E-state index in [4.69, 9.17) is 16.9 Å². The summed E-state index contributed by atoms with van der Waals surface area (Å²) in [6.45, 7) is 2.07. The molecular weight excluding hydrogens is 190 g/mol. The highest BCUT2D eigenvalue weighted by atomic mass is 35.5. The lowest BCUT2D eigenvalue weighted by atomic mass is 10.2. The van der Waals surface area contributed by atoms with Crippen molar-refractivity contribution in [2.24, 2.45) is 0 Å². The van der Waals surface area contributed by atoms with Crippen LogP contribution in [0.4, 0.5) is 0 Å². The first-order valence-corrected chi connectivity index (χ1v) is 4.96. The van der Waals surface area contributed by atoms with Gasteiger partial charge in [0, 0.05) is 4.90 Å². The summed E-state index contributed by atoms with van der Waals surface area (Å²) in [4.78, 5) is 1.10. The van der Waals surface area contributed by atoms with Crippen molar-refractivity contribution in [2.45, 2.75) is 11.8 Å². The summed E-state index contributed by atoms with van der Waals surface area (Å²) in [5.74, 6) is 1.01. The molecule has 0 aliphatic carbocycles. The summed E-state index contributed by atoms with van der Waals surface area (Å²) in [5, 5.41) is 9.19. The molecule has 12 heavy (non-hydrogen) atoms. The van der Waals surface area contributed by atoms with Crippen molar-refractivity contribution in [3.05, 3.63) is 28.8 Å². The summed E-state index contributed by atoms with van der Waals surface area (Å²) < 4.78 is 0. The van der Waals surface area contributed by atoms with E-state index < -0.39 is 0 Å². The second-order valence-electron chi connectivity index (χ2n) is 2.19. The molecule has 0 aliphatic heterocycles. The van der Waals surface area contributed by atoms with E-state index in [0.29, 0.717) is 10.6 Å². The Balaban J connectivity index is 2.99. The molecule has 0 fully saturated rings. The molecule has 0 amide bonds. The molecule has 1 aromatic carbocycles. The van der Waals surface area contributed by atoms with E-state index in [1.54, 1.807) is 17.8 Å². The minimum atomic E-state index is 0.526. The van der Waals surface area contributed by atoms with Crippen molar-refractivity contribution >= 4 is 23.4 Å². The van der Waals surface area contributed by atoms with Gasteiger partial charge in [0.1, 0.15) is 6.07 Å². The van der Waals surface area contributed by atoms with Gasteiger partial charge < -0.3 is 0 Å². The van der Waals surface area contributed by atoms with Gasteiger partial charge in [-0.15, -0.1) is 11.8 Å². The van der Waals surface area contributed by atoms with Crippen LogP contribution in [0.3, 0.4) is 0 Å². The molecular formula is C9H8ClNS. The van der Waals surface area contributed by atoms with E-state index in [-0.39, 0.29) is 0 Å². The van der Waals surface area contributed by atoms with Crippen molar-refractivity contribution < 1.29 is 0 Å². The standard InChI is InChI=1S/C9H8ClNS/c1-2-12-8-3-4-9(10)7(5-8)6-11/h3-5H,2H2,1H3. The van der Waals surface area contributed by atoms with Crippen LogP contribution in [0.15, 0.2) is 23.1 Å². The molecule has 1 aromatic rings. The van der Waals surface area contributed by atoms with Crippen molar-refractivity contribution in [1.82, 2.24) is 0 Å². The largest absolute Gasteiger partial charge is 0.192 e. The van der Waals surface area contributed by atoms with E-state index in [0.717, 1.165) is 10.6 Å². The fraction of sp³-hybridized carbons (Fsp3) is 0.222. The zero-order chi connectivity index (χ0) is 8.97. The van der Waals surface area contributed by atoms with Crippen LogP contribution in [-0.4, -0.2) is 5.75 Å². The molecule has 1 nitrogen and oxygen atoms in total. The topological polar surface area (TPSA) is 23.8 Å². The molecule has 0 N–H and O–H groups in total. The number of benzene rings is 1. The molecule has 62 valence electrons. The third-order valence-electron chi connectivity index (χ3n) is 1.37. The van der Waals surface area contributed by atoms with Crippen LogP contribution in [0, 0.1) is 11.3 Å². The van der Waals surface area contributed by atoms with Gasteiger partial charge in [-0.3, -0.25) is 0 Å². The summed E-state index contributed by atoms with van der Waals surface area (Å²) in [5.41, 5.74) is 0.551. The highest BCUT2D eigenvalue weighted by Crippen LogP contribution is 2.23. The Morgan fingerprint density at radius 2 is 2.33 bits per heavy atom. The smallest absolute Gasteiger partial charge is 0.101 e. The van der Waals surface area contributed by atoms with Crippen molar-refractivity contribution in [1.29, 1.82) is 5.26 Å². The van der Waals surface area contributed by atoms with E-state index in [1.165, 1.54) is 0 Å². The molecule has 0 heterocycles. The van der Waals surface area contributed by atoms with Crippen molar-refractivity contribution in [3.63, 3.8) is 0 Å². The minimum Gasteiger partial charge on any atom is -0.192 e. The van der Waals surface area contributed by atoms with Gasteiger partial charge in [0.2, 0.25) is 0 Å². The molecule has 1 rings (SSSR count). The molecule has 0 spiro atoms. The van der Waals surface area contributed by atoms with Gasteiger partial charge in [0.05, 0.1) is 10.6 Å². The SMILES string of the molecule is CCSc1ccc(Cl)c(C#N)c1. The molecule has 0 atom stereocenters. The molecule has 0 aromatic heterocycles. The van der Waals surface area contributed by atoms with Gasteiger partial charge in [0.15, 0.2) is 0 Å². The van der Waals surface area contributed by atoms with Crippen LogP contribution in [0.5, 0.6) is 0 Å². The van der Waals surface area contributed by atoms with E-state index in [1.807, 2.05) is 18.2 Å². The maximum atomic E-state index is 8.67. The Labute approximate surface area is 81.3 Å². The predicted molar refractivity (Wildman–Crippen MR) is 52.6 cm³/mol. The van der Waals surface area contributed by atoms with Crippen LogP contribution in [0.25, 0.3) is 0 Å². The number of hydrogen-bond acceptors (Lipinski definition) is 2. The second-order valence-corrected chi connectivity index (χ2v) is 3.93. The number of hydrogen-bond donors (Lipinski definition) is 0. The number of rotatable bonds is 2. The van der Waals surface area contributed by atoms with Gasteiger partial charge in [-0.1, -0.05) is 18.5 Å². The molecule has 0 radical (unpaired) electrons. The minimum absolute atomic E-state index is 0.526. The Hall–Kier alpha value is -0.650. The molecule has 0 aliphatic rings. The maximum Gasteiger partial charge on any atom is 0.101 e. The lowest BCUT2D eigenvalue weighted by Crippen LogP contribution is -1.79. The van der Waals surface area contributed by atoms with Crippen LogP contribution in [0.1, 0.15) is 12.5 Å². The number of nitriles is 1. The van der Waals surface area contributed by atoms with Gasteiger partial charge >= 0.3 is 0 Å². The summed E-state index contributed by atoms with van der Waals surface area (Å²) in [6.07, 6.45) is 0. The number of nitrogens with zero attached hydrogens (tertiary/aromatic N) is 1. The molecule has 3 heteroatoms. The second kappa shape index (κ2) is 4.39. The maximum absolute atomic E-state index is 8.67. The first-order chi connectivity index (χ1) is 5.77. The Kier molecular flexibility index (Phi) is 3.46. The number of thioether (sulfide) groups is 1. The van der Waals surface area contributed by atoms with Crippen LogP contribution in [-0.2, 0) is 0 Å². The average molecular weight is 198 g/mol. The highest BCUT2D eigenvalue weighted by molar-refractivity contribution is 7.99. The number of halogens is 1. The van der Waals surface area contributed by atoms with Crippen LogP contribution >= 0.6 is 23.4 Å². The molecule has 0 saturated carbocycles. The van der Waals surface area contributed by atoms with Crippen LogP contribution in [0.2, 0.25) is 5.02 Å². The van der Waals surface area contributed by atoms with Gasteiger partial charge in [-0.2, -0.15) is 5.26 Å². The van der Waals surface area contributed by atoms with E-state index in [9.17, 15) is 0 Å². The van der Waals surface area contributed by atoms with Gasteiger partial charge in [-0.25, -0.2) is 0 Å². The lowest BCUT2D eigenvalue weighted by Gasteiger charge is -1.99. The van der Waals surface area contributed by atoms with E-state index in [2.05, 4.69) is 6.92 Å². The third kappa shape index (κ3) is 2.17. The van der Waals surface area contributed by atoms with Crippen molar-refractivity contribution in [2.75, 3.05) is 5.75 Å². The van der Waals surface area contributed by atoms with Crippen LogP contribution < -0.4 is 0 Å². The molecule has 0 unspecified atom stereocenters. The highest BCUT2D eigenvalue weighted by Gasteiger charge is 1.99. The fourth-order valence-corrected chi connectivity index (χ4v) is 1.71. The summed E-state index contributed by atoms with van der Waals surface area (Å²) >= 11 is 7.47. The summed E-state index contributed by atoms with van der Waals surface area (Å²) in [6, 6.07) is 7.55. The summed E-state index contributed by atoms with van der Waals surface area (Å²) in [7, 11) is 0. The predicted octanol–water partition coefficient (Wildman–Crippen LogP) is 3.32. The quantitative estimate of drug-likeness (QED) is 0.680. The normalized spacial score (nSPS) is 9.42. The first kappa shape index (κ1) is 9.44. The lowest BCUT2D eigenvalue weighted by molar-refractivity contribution is 1.39. The monoisotopic (exact) mass is 197 g/mol. The van der Waals surface area contributed by atoms with Gasteiger partial charge in [0.25, 0.3) is 0 Å². The van der Waals surface area contributed by atoms with Crippen molar-refractivity contribution in [3.8, 4) is 6.07 Å². The third-order valence-corrected chi connectivity index (χ3v) is 2.57. The Morgan fingerprint density at radius 3 is 2.92 bits per heavy atom. The van der Waals surface area contributed by atoms with Gasteiger partial charge in [-0.05, 0) is 24.0 Å². The van der Waals surface area contributed by atoms with E-state index >= 15 is 0 Å². The molecule has 0 saturated heterocycles. The molecule has 0 bridgehead atoms.